The van der Waals surface area contributed by atoms with E-state index in [4.69, 9.17) is 0 Å². The van der Waals surface area contributed by atoms with Crippen molar-refractivity contribution in [3.8, 4) is 0 Å². The highest BCUT2D eigenvalue weighted by atomic mass is 19.4. The second-order valence-electron chi connectivity index (χ2n) is 5.78. The van der Waals surface area contributed by atoms with Gasteiger partial charge in [0, 0.05) is 0 Å². The first-order chi connectivity index (χ1) is 13.2. The monoisotopic (exact) mass is 511 g/mol. The minimum absolute atomic E-state index is 0.207. The molecule has 0 aromatic rings. The molecule has 0 amide bonds. The fourth-order valence-electron chi connectivity index (χ4n) is 1.77. The lowest BCUT2D eigenvalue weighted by Crippen LogP contribution is -2.75. The molecule has 0 fully saturated rings. The molecule has 31 heavy (non-hydrogen) atoms. The first-order valence-electron chi connectivity index (χ1n) is 7.02. The lowest BCUT2D eigenvalue weighted by atomic mass is 9.86. The Bertz CT molecular complexity index is 632. The zero-order chi connectivity index (χ0) is 25.9. The van der Waals surface area contributed by atoms with Gasteiger partial charge in [-0.3, -0.25) is 0 Å². The summed E-state index contributed by atoms with van der Waals surface area (Å²) < 4.78 is 246. The predicted octanol–water partition coefficient (Wildman–Crippen LogP) is 7.25. The van der Waals surface area contributed by atoms with Crippen LogP contribution in [-0.4, -0.2) is 53.6 Å². The Hall–Kier alpha value is -1.33. The molecular formula is C12H6F19. The Morgan fingerprint density at radius 3 is 1.03 bits per heavy atom. The highest BCUT2D eigenvalue weighted by molar-refractivity contribution is 5.17. The third kappa shape index (κ3) is 3.56. The predicted molar refractivity (Wildman–Crippen MR) is 60.2 cm³/mol. The molecule has 0 rings (SSSR count). The van der Waals surface area contributed by atoms with Gasteiger partial charge in [-0.15, -0.1) is 0 Å². The van der Waals surface area contributed by atoms with Crippen LogP contribution in [0.15, 0.2) is 0 Å². The molecule has 1 atom stereocenters. The van der Waals surface area contributed by atoms with Gasteiger partial charge in [0.15, 0.2) is 6.17 Å². The molecule has 0 N–H and O–H groups in total. The summed E-state index contributed by atoms with van der Waals surface area (Å²) in [5.41, 5.74) is 0. The van der Waals surface area contributed by atoms with Gasteiger partial charge in [-0.25, -0.2) is 4.39 Å². The van der Waals surface area contributed by atoms with Gasteiger partial charge in [0.05, 0.1) is 0 Å². The Balaban J connectivity index is 6.84. The summed E-state index contributed by atoms with van der Waals surface area (Å²) in [4.78, 5) is 0. The van der Waals surface area contributed by atoms with Gasteiger partial charge in [0.1, 0.15) is 0 Å². The molecule has 1 unspecified atom stereocenters. The van der Waals surface area contributed by atoms with Crippen LogP contribution in [0.2, 0.25) is 0 Å². The van der Waals surface area contributed by atoms with Crippen molar-refractivity contribution in [2.24, 2.45) is 0 Å². The van der Waals surface area contributed by atoms with E-state index in [2.05, 4.69) is 0 Å². The van der Waals surface area contributed by atoms with E-state index in [0.29, 0.717) is 0 Å². The minimum atomic E-state index is -8.82. The van der Waals surface area contributed by atoms with Gasteiger partial charge >= 0.3 is 53.8 Å². The second-order valence-corrected chi connectivity index (χ2v) is 5.78. The molecule has 0 bridgehead atoms. The maximum absolute atomic E-state index is 13.3. The first kappa shape index (κ1) is 29.7. The average Bonchev–Trinajstić information content (AvgIpc) is 2.59. The van der Waals surface area contributed by atoms with Crippen LogP contribution in [0.3, 0.4) is 0 Å². The van der Waals surface area contributed by atoms with Crippen LogP contribution in [0.5, 0.6) is 0 Å². The molecule has 0 aliphatic rings. The molecule has 0 nitrogen and oxygen atoms in total. The van der Waals surface area contributed by atoms with E-state index in [0.717, 1.165) is 0 Å². The second kappa shape index (κ2) is 7.62. The fourth-order valence-corrected chi connectivity index (χ4v) is 1.77. The summed E-state index contributed by atoms with van der Waals surface area (Å²) in [6.45, 7) is 0.207. The summed E-state index contributed by atoms with van der Waals surface area (Å²) in [7, 11) is 0. The topological polar surface area (TPSA) is 0 Å². The normalized spacial score (nSPS) is 17.3. The summed E-state index contributed by atoms with van der Waals surface area (Å²) >= 11 is 0. The van der Waals surface area contributed by atoms with Crippen molar-refractivity contribution >= 4 is 0 Å². The third-order valence-corrected chi connectivity index (χ3v) is 3.77. The maximum atomic E-state index is 13.3. The highest BCUT2D eigenvalue weighted by Gasteiger charge is 2.95. The molecule has 0 saturated heterocycles. The number of rotatable bonds is 10. The van der Waals surface area contributed by atoms with Crippen LogP contribution in [-0.2, 0) is 0 Å². The van der Waals surface area contributed by atoms with Gasteiger partial charge in [-0.05, 0) is 6.42 Å². The molecule has 0 aromatic heterocycles. The van der Waals surface area contributed by atoms with Crippen LogP contribution < -0.4 is 0 Å². The van der Waals surface area contributed by atoms with E-state index in [1.807, 2.05) is 0 Å². The van der Waals surface area contributed by atoms with Crippen LogP contribution in [0, 0.1) is 6.43 Å². The Morgan fingerprint density at radius 1 is 0.516 bits per heavy atom. The molecule has 187 valence electrons. The number of halogens is 19. The fraction of sp³-hybridized carbons (Fsp3) is 0.917. The van der Waals surface area contributed by atoms with Gasteiger partial charge in [0.2, 0.25) is 0 Å². The third-order valence-electron chi connectivity index (χ3n) is 3.77. The van der Waals surface area contributed by atoms with Crippen molar-refractivity contribution in [2.45, 2.75) is 66.9 Å². The molecule has 0 aliphatic carbocycles. The average molecular weight is 511 g/mol. The minimum Gasteiger partial charge on any atom is -0.241 e. The van der Waals surface area contributed by atoms with E-state index in [1.54, 1.807) is 0 Å². The van der Waals surface area contributed by atoms with Gasteiger partial charge in [-0.2, -0.15) is 79.0 Å². The molecule has 0 saturated carbocycles. The standard InChI is InChI=1S/C12H6F19/c1-2-3(13)5(16,17)7(20,21)9(24,25)11(28,29)12(30,31)10(26,27)8(22,23)6(18,19)4(14)15/h3H,2H2,1H3. The lowest BCUT2D eigenvalue weighted by molar-refractivity contribution is -0.456. The smallest absolute Gasteiger partial charge is 0.241 e. The molecule has 0 aromatic carbocycles. The quantitative estimate of drug-likeness (QED) is 0.271. The number of alkyl halides is 17. The summed E-state index contributed by atoms with van der Waals surface area (Å²) in [5, 5.41) is 0. The van der Waals surface area contributed by atoms with Gasteiger partial charge in [0.25, 0.3) is 0 Å². The van der Waals surface area contributed by atoms with Crippen molar-refractivity contribution < 1.29 is 83.4 Å². The van der Waals surface area contributed by atoms with Crippen LogP contribution >= 0.6 is 0 Å². The van der Waals surface area contributed by atoms with Crippen LogP contribution in [0.1, 0.15) is 13.3 Å². The number of hydrogen-bond acceptors (Lipinski definition) is 0. The molecule has 0 heterocycles. The molecule has 0 aliphatic heterocycles. The SMILES string of the molecule is CCC(F)C(F)(F)C(F)(F)C(F)(F)C(F)(F)C(F)(F)C(F)(F)C(F)(F)C(F)(F)[C](F)F. The van der Waals surface area contributed by atoms with Crippen molar-refractivity contribution in [3.05, 3.63) is 6.43 Å². The van der Waals surface area contributed by atoms with E-state index in [9.17, 15) is 83.4 Å². The van der Waals surface area contributed by atoms with E-state index >= 15 is 0 Å². The molecule has 19 heteroatoms. The van der Waals surface area contributed by atoms with Gasteiger partial charge < -0.3 is 0 Å². The zero-order valence-corrected chi connectivity index (χ0v) is 14.0. The van der Waals surface area contributed by atoms with Gasteiger partial charge in [-0.1, -0.05) is 6.92 Å². The molecule has 0 spiro atoms. The summed E-state index contributed by atoms with van der Waals surface area (Å²) in [5.74, 6) is -65.9. The van der Waals surface area contributed by atoms with Crippen LogP contribution in [0.25, 0.3) is 0 Å². The Labute approximate surface area is 158 Å². The highest BCUT2D eigenvalue weighted by Crippen LogP contribution is 2.65. The van der Waals surface area contributed by atoms with E-state index in [1.165, 1.54) is 0 Å². The van der Waals surface area contributed by atoms with Crippen LogP contribution in [0.4, 0.5) is 83.4 Å². The van der Waals surface area contributed by atoms with Crippen molar-refractivity contribution in [3.63, 3.8) is 0 Å². The maximum Gasteiger partial charge on any atom is 0.385 e. The molecule has 1 radical (unpaired) electrons. The Morgan fingerprint density at radius 2 is 0.774 bits per heavy atom. The number of hydrogen-bond donors (Lipinski definition) is 0. The zero-order valence-electron chi connectivity index (χ0n) is 14.0. The van der Waals surface area contributed by atoms with E-state index < -0.39 is 66.4 Å². The van der Waals surface area contributed by atoms with Crippen molar-refractivity contribution in [1.29, 1.82) is 0 Å². The molecular weight excluding hydrogens is 505 g/mol. The van der Waals surface area contributed by atoms with Crippen molar-refractivity contribution in [1.82, 2.24) is 0 Å². The first-order valence-corrected chi connectivity index (χ1v) is 7.02. The van der Waals surface area contributed by atoms with E-state index in [-0.39, 0.29) is 6.92 Å². The largest absolute Gasteiger partial charge is 0.385 e. The Kier molecular flexibility index (Phi) is 7.29. The lowest BCUT2D eigenvalue weighted by Gasteiger charge is -2.43. The summed E-state index contributed by atoms with van der Waals surface area (Å²) in [6.07, 6.45) is -11.5. The summed E-state index contributed by atoms with van der Waals surface area (Å²) in [6, 6.07) is 0. The van der Waals surface area contributed by atoms with Crippen molar-refractivity contribution in [2.75, 3.05) is 0 Å².